The molecule has 0 radical (unpaired) electrons. The highest BCUT2D eigenvalue weighted by Gasteiger charge is 2.36. The summed E-state index contributed by atoms with van der Waals surface area (Å²) in [5, 5.41) is 0. The van der Waals surface area contributed by atoms with E-state index in [0.717, 1.165) is 24.3 Å². The second-order valence-electron chi connectivity index (χ2n) is 6.52. The van der Waals surface area contributed by atoms with Gasteiger partial charge in [-0.25, -0.2) is 4.98 Å². The van der Waals surface area contributed by atoms with Crippen molar-refractivity contribution in [2.75, 3.05) is 0 Å². The van der Waals surface area contributed by atoms with Crippen molar-refractivity contribution in [3.05, 3.63) is 40.0 Å². The molecule has 2 aromatic heterocycles. The average Bonchev–Trinajstić information content (AvgIpc) is 2.93. The van der Waals surface area contributed by atoms with Gasteiger partial charge in [0.15, 0.2) is 11.6 Å². The number of H-pyrrole nitrogens is 1. The zero-order chi connectivity index (χ0) is 14.4. The monoisotopic (exact) mass is 284 g/mol. The molecule has 4 rings (SSSR count). The van der Waals surface area contributed by atoms with Crippen LogP contribution in [0, 0.1) is 5.92 Å². The van der Waals surface area contributed by atoms with Gasteiger partial charge in [-0.2, -0.15) is 0 Å². The van der Waals surface area contributed by atoms with E-state index < -0.39 is 0 Å². The molecule has 110 valence electrons. The number of rotatable bonds is 3. The van der Waals surface area contributed by atoms with Gasteiger partial charge >= 0.3 is 0 Å². The fraction of sp³-hybridized carbons (Fsp3) is 0.529. The van der Waals surface area contributed by atoms with Crippen molar-refractivity contribution in [3.8, 4) is 11.6 Å². The van der Waals surface area contributed by atoms with Crippen molar-refractivity contribution in [2.24, 2.45) is 5.92 Å². The largest absolute Gasteiger partial charge is 0.458 e. The molecular formula is C17H20N2O2. The van der Waals surface area contributed by atoms with Crippen molar-refractivity contribution in [1.29, 1.82) is 0 Å². The maximum Gasteiger partial charge on any atom is 0.251 e. The van der Waals surface area contributed by atoms with E-state index in [2.05, 4.69) is 16.9 Å². The Labute approximate surface area is 123 Å². The second-order valence-corrected chi connectivity index (χ2v) is 6.52. The molecule has 1 N–H and O–H groups in total. The standard InChI is InChI=1S/C17H20N2O2/c1-10-8-12(10)14-6-7-15(21-14)17-18-13(9-16(20)19-17)11-4-2-3-5-11/h6-7,9-12H,2-5,8H2,1H3,(H,18,19,20). The summed E-state index contributed by atoms with van der Waals surface area (Å²) in [5.41, 5.74) is 0.837. The topological polar surface area (TPSA) is 58.9 Å². The fourth-order valence-corrected chi connectivity index (χ4v) is 3.42. The molecule has 21 heavy (non-hydrogen) atoms. The molecule has 2 saturated carbocycles. The first-order chi connectivity index (χ1) is 10.2. The van der Waals surface area contributed by atoms with Crippen molar-refractivity contribution in [3.63, 3.8) is 0 Å². The van der Waals surface area contributed by atoms with Crippen LogP contribution in [0.3, 0.4) is 0 Å². The summed E-state index contributed by atoms with van der Waals surface area (Å²) in [6.07, 6.45) is 5.94. The van der Waals surface area contributed by atoms with Gasteiger partial charge in [-0.15, -0.1) is 0 Å². The van der Waals surface area contributed by atoms with Crippen LogP contribution in [0.1, 0.15) is 62.3 Å². The first kappa shape index (κ1) is 12.9. The van der Waals surface area contributed by atoms with Gasteiger partial charge in [0.2, 0.25) is 0 Å². The third-order valence-corrected chi connectivity index (χ3v) is 4.87. The summed E-state index contributed by atoms with van der Waals surface area (Å²) in [6.45, 7) is 2.23. The van der Waals surface area contributed by atoms with Crippen LogP contribution in [0.15, 0.2) is 27.4 Å². The molecule has 0 bridgehead atoms. The summed E-state index contributed by atoms with van der Waals surface area (Å²) in [4.78, 5) is 19.4. The van der Waals surface area contributed by atoms with Gasteiger partial charge in [0.05, 0.1) is 5.69 Å². The van der Waals surface area contributed by atoms with Gasteiger partial charge in [0.25, 0.3) is 5.56 Å². The van der Waals surface area contributed by atoms with Crippen LogP contribution < -0.4 is 5.56 Å². The highest BCUT2D eigenvalue weighted by molar-refractivity contribution is 5.47. The summed E-state index contributed by atoms with van der Waals surface area (Å²) in [6, 6.07) is 5.59. The minimum absolute atomic E-state index is 0.0837. The van der Waals surface area contributed by atoms with Crippen molar-refractivity contribution < 1.29 is 4.42 Å². The van der Waals surface area contributed by atoms with Gasteiger partial charge in [-0.3, -0.25) is 4.79 Å². The Hall–Kier alpha value is -1.84. The Bertz CT molecular complexity index is 710. The molecule has 0 spiro atoms. The first-order valence-corrected chi connectivity index (χ1v) is 7.92. The Kier molecular flexibility index (Phi) is 2.98. The van der Waals surface area contributed by atoms with Crippen LogP contribution in [-0.2, 0) is 0 Å². The van der Waals surface area contributed by atoms with Crippen LogP contribution in [0.4, 0.5) is 0 Å². The molecule has 2 aromatic rings. The van der Waals surface area contributed by atoms with E-state index in [1.807, 2.05) is 12.1 Å². The van der Waals surface area contributed by atoms with Crippen molar-refractivity contribution in [2.45, 2.75) is 50.9 Å². The normalized spacial score (nSPS) is 25.4. The van der Waals surface area contributed by atoms with Gasteiger partial charge in [-0.05, 0) is 37.3 Å². The van der Waals surface area contributed by atoms with Crippen LogP contribution in [-0.4, -0.2) is 9.97 Å². The second kappa shape index (κ2) is 4.86. The smallest absolute Gasteiger partial charge is 0.251 e. The van der Waals surface area contributed by atoms with Crippen LogP contribution in [0.2, 0.25) is 0 Å². The Morgan fingerprint density at radius 3 is 2.76 bits per heavy atom. The van der Waals surface area contributed by atoms with Crippen molar-refractivity contribution in [1.82, 2.24) is 9.97 Å². The predicted octanol–water partition coefficient (Wildman–Crippen LogP) is 3.81. The van der Waals surface area contributed by atoms with Gasteiger partial charge in [0.1, 0.15) is 5.76 Å². The average molecular weight is 284 g/mol. The molecule has 2 unspecified atom stereocenters. The van der Waals surface area contributed by atoms with Gasteiger partial charge < -0.3 is 9.40 Å². The summed E-state index contributed by atoms with van der Waals surface area (Å²) < 4.78 is 5.90. The molecule has 4 nitrogen and oxygen atoms in total. The lowest BCUT2D eigenvalue weighted by molar-refractivity contribution is 0.514. The Balaban J connectivity index is 1.67. The predicted molar refractivity (Wildman–Crippen MR) is 80.3 cm³/mol. The zero-order valence-electron chi connectivity index (χ0n) is 12.3. The number of aromatic amines is 1. The molecule has 2 heterocycles. The lowest BCUT2D eigenvalue weighted by atomic mass is 10.0. The highest BCUT2D eigenvalue weighted by Crippen LogP contribution is 2.47. The quantitative estimate of drug-likeness (QED) is 0.932. The van der Waals surface area contributed by atoms with E-state index >= 15 is 0 Å². The first-order valence-electron chi connectivity index (χ1n) is 7.92. The highest BCUT2D eigenvalue weighted by atomic mass is 16.3. The number of nitrogens with one attached hydrogen (secondary N) is 1. The van der Waals surface area contributed by atoms with E-state index in [4.69, 9.17) is 4.42 Å². The number of hydrogen-bond acceptors (Lipinski definition) is 3. The van der Waals surface area contributed by atoms with Crippen molar-refractivity contribution >= 4 is 0 Å². The van der Waals surface area contributed by atoms with Crippen LogP contribution >= 0.6 is 0 Å². The number of nitrogens with zero attached hydrogens (tertiary/aromatic N) is 1. The fourth-order valence-electron chi connectivity index (χ4n) is 3.42. The SMILES string of the molecule is CC1CC1c1ccc(-c2nc(C3CCCC3)cc(=O)[nH]2)o1. The molecule has 0 aromatic carbocycles. The van der Waals surface area contributed by atoms with Gasteiger partial charge in [0, 0.05) is 17.9 Å². The molecule has 0 saturated heterocycles. The van der Waals surface area contributed by atoms with E-state index in [1.54, 1.807) is 6.07 Å². The molecule has 0 amide bonds. The van der Waals surface area contributed by atoms with Crippen LogP contribution in [0.25, 0.3) is 11.6 Å². The van der Waals surface area contributed by atoms with Gasteiger partial charge in [-0.1, -0.05) is 19.8 Å². The summed E-state index contributed by atoms with van der Waals surface area (Å²) >= 11 is 0. The number of hydrogen-bond donors (Lipinski definition) is 1. The maximum atomic E-state index is 11.9. The van der Waals surface area contributed by atoms with E-state index in [9.17, 15) is 4.79 Å². The number of furan rings is 1. The molecule has 4 heteroatoms. The zero-order valence-corrected chi connectivity index (χ0v) is 12.3. The lowest BCUT2D eigenvalue weighted by Crippen LogP contribution is -2.11. The lowest BCUT2D eigenvalue weighted by Gasteiger charge is -2.08. The van der Waals surface area contributed by atoms with E-state index in [1.165, 1.54) is 19.3 Å². The Morgan fingerprint density at radius 1 is 1.29 bits per heavy atom. The summed E-state index contributed by atoms with van der Waals surface area (Å²) in [5.74, 6) is 3.96. The van der Waals surface area contributed by atoms with E-state index in [0.29, 0.717) is 29.3 Å². The molecule has 2 aliphatic rings. The van der Waals surface area contributed by atoms with E-state index in [-0.39, 0.29) is 5.56 Å². The minimum Gasteiger partial charge on any atom is -0.458 e. The molecule has 2 fully saturated rings. The van der Waals surface area contributed by atoms with Crippen LogP contribution in [0.5, 0.6) is 0 Å². The maximum absolute atomic E-state index is 11.9. The molecule has 0 aliphatic heterocycles. The minimum atomic E-state index is -0.0837. The molecule has 2 aliphatic carbocycles. The Morgan fingerprint density at radius 2 is 2.05 bits per heavy atom. The third-order valence-electron chi connectivity index (χ3n) is 4.87. The summed E-state index contributed by atoms with van der Waals surface area (Å²) in [7, 11) is 0. The molecular weight excluding hydrogens is 264 g/mol. The molecule has 2 atom stereocenters. The number of aromatic nitrogens is 2. The third kappa shape index (κ3) is 2.43.